The maximum Gasteiger partial charge on any atom is 0.337 e. The molecule has 0 spiro atoms. The molecule has 0 N–H and O–H groups in total. The summed E-state index contributed by atoms with van der Waals surface area (Å²) in [5.74, 6) is -1.55. The van der Waals surface area contributed by atoms with Gasteiger partial charge in [-0.25, -0.2) is 9.18 Å². The maximum atomic E-state index is 13.9. The largest absolute Gasteiger partial charge is 0.465 e. The molecule has 1 aliphatic heterocycles. The summed E-state index contributed by atoms with van der Waals surface area (Å²) < 4.78 is 24.5. The number of methoxy groups -OCH3 is 1. The fraction of sp³-hybridized carbons (Fsp3) is 0.148. The van der Waals surface area contributed by atoms with Crippen molar-refractivity contribution in [2.45, 2.75) is 19.5 Å². The number of esters is 1. The van der Waals surface area contributed by atoms with Gasteiger partial charge in [-0.2, -0.15) is 0 Å². The molecule has 0 bridgehead atoms. The summed E-state index contributed by atoms with van der Waals surface area (Å²) in [4.78, 5) is 40.4. The van der Waals surface area contributed by atoms with Gasteiger partial charge in [-0.05, 0) is 48.4 Å². The van der Waals surface area contributed by atoms with Crippen LogP contribution in [0.4, 0.5) is 4.39 Å². The highest BCUT2D eigenvalue weighted by Crippen LogP contribution is 2.39. The zero-order chi connectivity index (χ0) is 24.0. The number of rotatable bonds is 4. The Morgan fingerprint density at radius 2 is 1.74 bits per heavy atom. The van der Waals surface area contributed by atoms with Gasteiger partial charge in [0.2, 0.25) is 5.76 Å². The zero-order valence-corrected chi connectivity index (χ0v) is 18.5. The van der Waals surface area contributed by atoms with Gasteiger partial charge >= 0.3 is 5.97 Å². The fourth-order valence-corrected chi connectivity index (χ4v) is 4.31. The Morgan fingerprint density at radius 3 is 2.41 bits per heavy atom. The smallest absolute Gasteiger partial charge is 0.337 e. The Labute approximate surface area is 194 Å². The number of fused-ring (bicyclic) bond motifs is 2. The Hall–Kier alpha value is -4.26. The molecular formula is C27H20FNO5. The summed E-state index contributed by atoms with van der Waals surface area (Å²) in [7, 11) is 1.29. The number of hydrogen-bond acceptors (Lipinski definition) is 5. The van der Waals surface area contributed by atoms with E-state index < -0.39 is 29.2 Å². The molecule has 0 saturated carbocycles. The summed E-state index contributed by atoms with van der Waals surface area (Å²) in [6.07, 6.45) is 0. The number of benzene rings is 3. The number of carbonyl (C=O) groups excluding carboxylic acids is 2. The van der Waals surface area contributed by atoms with Crippen LogP contribution in [0.1, 0.15) is 49.2 Å². The zero-order valence-electron chi connectivity index (χ0n) is 18.5. The van der Waals surface area contributed by atoms with Crippen LogP contribution in [0.5, 0.6) is 0 Å². The maximum absolute atomic E-state index is 13.9. The monoisotopic (exact) mass is 457 g/mol. The molecule has 5 rings (SSSR count). The van der Waals surface area contributed by atoms with Crippen LogP contribution in [0.25, 0.3) is 11.0 Å². The molecule has 1 amide bonds. The van der Waals surface area contributed by atoms with Crippen molar-refractivity contribution in [2.24, 2.45) is 0 Å². The van der Waals surface area contributed by atoms with Gasteiger partial charge in [0.15, 0.2) is 5.43 Å². The number of halogens is 1. The van der Waals surface area contributed by atoms with Gasteiger partial charge in [0.1, 0.15) is 11.4 Å². The molecule has 0 fully saturated rings. The van der Waals surface area contributed by atoms with E-state index in [-0.39, 0.29) is 28.8 Å². The molecule has 0 aliphatic carbocycles. The van der Waals surface area contributed by atoms with Gasteiger partial charge in [-0.1, -0.05) is 42.0 Å². The van der Waals surface area contributed by atoms with E-state index in [4.69, 9.17) is 9.15 Å². The molecule has 6 nitrogen and oxygen atoms in total. The average Bonchev–Trinajstić information content (AvgIpc) is 3.12. The standard InChI is InChI=1S/C27H20FNO5/c1-15-3-5-16(6-4-15)14-29-23(17-7-9-18(10-8-17)27(32)33-2)22-24(30)20-13-19(28)11-12-21(20)34-25(22)26(29)31/h3-13,23H,14H2,1-2H3. The van der Waals surface area contributed by atoms with Gasteiger partial charge in [-0.15, -0.1) is 0 Å². The normalized spacial score (nSPS) is 15.0. The minimum atomic E-state index is -0.764. The van der Waals surface area contributed by atoms with Crippen molar-refractivity contribution in [3.8, 4) is 0 Å². The molecule has 1 aromatic heterocycles. The van der Waals surface area contributed by atoms with Crippen LogP contribution in [-0.4, -0.2) is 23.9 Å². The minimum absolute atomic E-state index is 0.0572. The number of hydrogen-bond donors (Lipinski definition) is 0. The molecule has 4 aromatic rings. The Morgan fingerprint density at radius 1 is 1.03 bits per heavy atom. The van der Waals surface area contributed by atoms with Crippen LogP contribution in [0.15, 0.2) is 75.9 Å². The molecule has 7 heteroatoms. The lowest BCUT2D eigenvalue weighted by atomic mass is 9.97. The number of aryl methyl sites for hydroxylation is 1. The van der Waals surface area contributed by atoms with Crippen molar-refractivity contribution in [3.05, 3.63) is 116 Å². The summed E-state index contributed by atoms with van der Waals surface area (Å²) in [6.45, 7) is 2.20. The number of carbonyl (C=O) groups is 2. The number of amides is 1. The topological polar surface area (TPSA) is 76.8 Å². The fourth-order valence-electron chi connectivity index (χ4n) is 4.31. The lowest BCUT2D eigenvalue weighted by Gasteiger charge is -2.25. The first-order chi connectivity index (χ1) is 16.4. The van der Waals surface area contributed by atoms with E-state index >= 15 is 0 Å². The SMILES string of the molecule is COC(=O)c1ccc(C2c3c(oc4ccc(F)cc4c3=O)C(=O)N2Cc2ccc(C)cc2)cc1. The van der Waals surface area contributed by atoms with Crippen molar-refractivity contribution in [2.75, 3.05) is 7.11 Å². The Balaban J connectivity index is 1.68. The van der Waals surface area contributed by atoms with E-state index in [1.165, 1.54) is 19.2 Å². The summed E-state index contributed by atoms with van der Waals surface area (Å²) >= 11 is 0. The molecule has 0 saturated heterocycles. The molecule has 1 aliphatic rings. The van der Waals surface area contributed by atoms with E-state index in [2.05, 4.69) is 0 Å². The van der Waals surface area contributed by atoms with Crippen molar-refractivity contribution < 1.29 is 23.1 Å². The highest BCUT2D eigenvalue weighted by atomic mass is 19.1. The van der Waals surface area contributed by atoms with Crippen molar-refractivity contribution in [1.29, 1.82) is 0 Å². The lowest BCUT2D eigenvalue weighted by molar-refractivity contribution is 0.0599. The van der Waals surface area contributed by atoms with Gasteiger partial charge in [0.05, 0.1) is 29.7 Å². The number of nitrogens with zero attached hydrogens (tertiary/aromatic N) is 1. The minimum Gasteiger partial charge on any atom is -0.465 e. The molecule has 34 heavy (non-hydrogen) atoms. The van der Waals surface area contributed by atoms with Gasteiger partial charge in [0.25, 0.3) is 5.91 Å². The quantitative estimate of drug-likeness (QED) is 0.413. The third-order valence-corrected chi connectivity index (χ3v) is 6.05. The van der Waals surface area contributed by atoms with Crippen LogP contribution in [0.2, 0.25) is 0 Å². The van der Waals surface area contributed by atoms with Crippen LogP contribution in [0.3, 0.4) is 0 Å². The third kappa shape index (κ3) is 3.55. The van der Waals surface area contributed by atoms with Gasteiger partial charge < -0.3 is 14.1 Å². The van der Waals surface area contributed by atoms with E-state index in [0.29, 0.717) is 11.1 Å². The Kier molecular flexibility index (Phi) is 5.24. The molecule has 2 heterocycles. The van der Waals surface area contributed by atoms with E-state index in [1.54, 1.807) is 29.2 Å². The van der Waals surface area contributed by atoms with E-state index in [0.717, 1.165) is 17.2 Å². The van der Waals surface area contributed by atoms with Crippen molar-refractivity contribution in [1.82, 2.24) is 4.90 Å². The van der Waals surface area contributed by atoms with Gasteiger partial charge in [-0.3, -0.25) is 9.59 Å². The van der Waals surface area contributed by atoms with Gasteiger partial charge in [0, 0.05) is 6.54 Å². The van der Waals surface area contributed by atoms with Crippen LogP contribution in [-0.2, 0) is 11.3 Å². The number of ether oxygens (including phenoxy) is 1. The second-order valence-corrected chi connectivity index (χ2v) is 8.25. The molecule has 1 atom stereocenters. The molecule has 1 unspecified atom stereocenters. The first-order valence-corrected chi connectivity index (χ1v) is 10.7. The Bertz CT molecular complexity index is 1490. The van der Waals surface area contributed by atoms with Crippen LogP contribution >= 0.6 is 0 Å². The van der Waals surface area contributed by atoms with Crippen molar-refractivity contribution in [3.63, 3.8) is 0 Å². The predicted octanol–water partition coefficient (Wildman–Crippen LogP) is 4.77. The molecular weight excluding hydrogens is 437 g/mol. The first kappa shape index (κ1) is 21.6. The van der Waals surface area contributed by atoms with Crippen LogP contribution < -0.4 is 5.43 Å². The second-order valence-electron chi connectivity index (χ2n) is 8.25. The van der Waals surface area contributed by atoms with E-state index in [1.807, 2.05) is 31.2 Å². The molecule has 170 valence electrons. The predicted molar refractivity (Wildman–Crippen MR) is 123 cm³/mol. The summed E-state index contributed by atoms with van der Waals surface area (Å²) in [5.41, 5.74) is 2.77. The van der Waals surface area contributed by atoms with E-state index in [9.17, 15) is 18.8 Å². The molecule has 0 radical (unpaired) electrons. The highest BCUT2D eigenvalue weighted by molar-refractivity contribution is 5.99. The lowest BCUT2D eigenvalue weighted by Crippen LogP contribution is -2.29. The summed E-state index contributed by atoms with van der Waals surface area (Å²) in [5, 5.41) is 0.0694. The second kappa shape index (κ2) is 8.26. The van der Waals surface area contributed by atoms with Crippen LogP contribution in [0, 0.1) is 12.7 Å². The average molecular weight is 457 g/mol. The van der Waals surface area contributed by atoms with Crippen molar-refractivity contribution >= 4 is 22.8 Å². The summed E-state index contributed by atoms with van der Waals surface area (Å²) in [6, 6.07) is 17.1. The highest BCUT2D eigenvalue weighted by Gasteiger charge is 2.42. The first-order valence-electron chi connectivity index (χ1n) is 10.7. The third-order valence-electron chi connectivity index (χ3n) is 6.05. The molecule has 3 aromatic carbocycles.